The molecule has 1 fully saturated rings. The monoisotopic (exact) mass is 408 g/mol. The van der Waals surface area contributed by atoms with Crippen molar-refractivity contribution in [2.75, 3.05) is 19.6 Å². The van der Waals surface area contributed by atoms with Gasteiger partial charge in [0.1, 0.15) is 5.82 Å². The van der Waals surface area contributed by atoms with E-state index in [1.165, 1.54) is 6.07 Å². The number of amides is 1. The van der Waals surface area contributed by atoms with Crippen molar-refractivity contribution in [2.24, 2.45) is 5.92 Å². The van der Waals surface area contributed by atoms with E-state index in [9.17, 15) is 9.18 Å². The van der Waals surface area contributed by atoms with Crippen molar-refractivity contribution in [3.8, 4) is 5.69 Å². The normalized spacial score (nSPS) is 15.2. The maximum Gasteiger partial charge on any atom is 0.223 e. The molecule has 1 aliphatic heterocycles. The van der Waals surface area contributed by atoms with Gasteiger partial charge in [0.05, 0.1) is 12.2 Å². The van der Waals surface area contributed by atoms with Gasteiger partial charge in [0, 0.05) is 12.5 Å². The van der Waals surface area contributed by atoms with E-state index < -0.39 is 0 Å². The fraction of sp³-hybridized carbons (Fsp3) is 0.364. The molecule has 0 spiro atoms. The number of para-hydroxylation sites is 1. The molecule has 2 aromatic carbocycles. The lowest BCUT2D eigenvalue weighted by Gasteiger charge is -2.30. The van der Waals surface area contributed by atoms with Crippen LogP contribution in [0.5, 0.6) is 0 Å². The summed E-state index contributed by atoms with van der Waals surface area (Å²) in [6, 6.07) is 16.5. The highest BCUT2D eigenvalue weighted by Gasteiger charge is 2.26. The van der Waals surface area contributed by atoms with Gasteiger partial charge < -0.3 is 5.32 Å². The Kier molecular flexibility index (Phi) is 6.44. The van der Waals surface area contributed by atoms with Crippen molar-refractivity contribution in [1.82, 2.24) is 30.4 Å². The molecule has 1 N–H and O–H groups in total. The first kappa shape index (κ1) is 20.2. The third-order valence-corrected chi connectivity index (χ3v) is 5.51. The highest BCUT2D eigenvalue weighted by molar-refractivity contribution is 5.78. The molecule has 3 aromatic rings. The fourth-order valence-electron chi connectivity index (χ4n) is 3.79. The van der Waals surface area contributed by atoms with Crippen molar-refractivity contribution in [1.29, 1.82) is 0 Å². The molecule has 0 aliphatic carbocycles. The molecule has 1 amide bonds. The second-order valence-electron chi connectivity index (χ2n) is 7.53. The number of likely N-dealkylation sites (tertiary alicyclic amines) is 1. The van der Waals surface area contributed by atoms with Gasteiger partial charge in [-0.15, -0.1) is 5.10 Å². The second-order valence-corrected chi connectivity index (χ2v) is 7.53. The maximum absolute atomic E-state index is 13.7. The van der Waals surface area contributed by atoms with Crippen molar-refractivity contribution in [3.05, 3.63) is 71.8 Å². The molecule has 1 saturated heterocycles. The van der Waals surface area contributed by atoms with Gasteiger partial charge in [-0.05, 0) is 66.5 Å². The number of rotatable bonds is 7. The van der Waals surface area contributed by atoms with Crippen LogP contribution in [0.15, 0.2) is 54.6 Å². The lowest BCUT2D eigenvalue weighted by Crippen LogP contribution is -2.41. The number of aromatic nitrogens is 4. The Bertz CT molecular complexity index is 969. The Morgan fingerprint density at radius 2 is 1.80 bits per heavy atom. The largest absolute Gasteiger partial charge is 0.356 e. The van der Waals surface area contributed by atoms with E-state index in [0.29, 0.717) is 25.1 Å². The van der Waals surface area contributed by atoms with Crippen molar-refractivity contribution < 1.29 is 9.18 Å². The molecule has 4 rings (SSSR count). The van der Waals surface area contributed by atoms with Crippen LogP contribution >= 0.6 is 0 Å². The smallest absolute Gasteiger partial charge is 0.223 e. The molecule has 156 valence electrons. The molecule has 1 aromatic heterocycles. The van der Waals surface area contributed by atoms with Gasteiger partial charge in [-0.2, -0.15) is 4.68 Å². The summed E-state index contributed by atoms with van der Waals surface area (Å²) in [6.45, 7) is 2.72. The van der Waals surface area contributed by atoms with Gasteiger partial charge in [-0.3, -0.25) is 9.69 Å². The van der Waals surface area contributed by atoms with Crippen LogP contribution in [0.2, 0.25) is 0 Å². The molecular formula is C22H25FN6O. The summed E-state index contributed by atoms with van der Waals surface area (Å²) in [7, 11) is 0. The zero-order valence-corrected chi connectivity index (χ0v) is 16.7. The van der Waals surface area contributed by atoms with Crippen molar-refractivity contribution in [3.63, 3.8) is 0 Å². The highest BCUT2D eigenvalue weighted by atomic mass is 19.1. The number of piperidine rings is 1. The van der Waals surface area contributed by atoms with Gasteiger partial charge in [-0.25, -0.2) is 4.39 Å². The van der Waals surface area contributed by atoms with E-state index in [-0.39, 0.29) is 17.6 Å². The molecule has 0 atom stereocenters. The summed E-state index contributed by atoms with van der Waals surface area (Å²) in [6.07, 6.45) is 2.08. The number of carbonyl (C=O) groups excluding carboxylic acids is 1. The summed E-state index contributed by atoms with van der Waals surface area (Å²) in [5, 5.41) is 15.0. The molecule has 2 heterocycles. The lowest BCUT2D eigenvalue weighted by molar-refractivity contribution is -0.126. The average molecular weight is 408 g/mol. The third kappa shape index (κ3) is 4.88. The zero-order valence-electron chi connectivity index (χ0n) is 16.7. The second kappa shape index (κ2) is 9.58. The highest BCUT2D eigenvalue weighted by Crippen LogP contribution is 2.19. The van der Waals surface area contributed by atoms with Crippen LogP contribution in [0.1, 0.15) is 24.2 Å². The van der Waals surface area contributed by atoms with Crippen molar-refractivity contribution in [2.45, 2.75) is 25.8 Å². The van der Waals surface area contributed by atoms with E-state index in [1.54, 1.807) is 16.8 Å². The number of benzene rings is 2. The number of tetrazole rings is 1. The molecular weight excluding hydrogens is 383 g/mol. The Balaban J connectivity index is 1.24. The summed E-state index contributed by atoms with van der Waals surface area (Å²) in [5.74, 6) is 0.610. The van der Waals surface area contributed by atoms with Crippen molar-refractivity contribution >= 4 is 5.91 Å². The Morgan fingerprint density at radius 1 is 1.07 bits per heavy atom. The topological polar surface area (TPSA) is 75.9 Å². The summed E-state index contributed by atoms with van der Waals surface area (Å²) in [4.78, 5) is 14.7. The molecule has 7 nitrogen and oxygen atoms in total. The standard InChI is InChI=1S/C22H25FN6O/c23-20-9-5-4-6-17(20)10-13-24-22(30)18-11-14-28(15-12-18)16-21-25-26-27-29(21)19-7-2-1-3-8-19/h1-9,18H,10-16H2,(H,24,30). The predicted octanol–water partition coefficient (Wildman–Crippen LogP) is 2.37. The van der Waals surface area contributed by atoms with Gasteiger partial charge in [0.2, 0.25) is 5.91 Å². The third-order valence-electron chi connectivity index (χ3n) is 5.51. The number of halogens is 1. The van der Waals surface area contributed by atoms with Gasteiger partial charge in [-0.1, -0.05) is 36.4 Å². The molecule has 0 unspecified atom stereocenters. The zero-order chi connectivity index (χ0) is 20.8. The maximum atomic E-state index is 13.7. The first-order valence-electron chi connectivity index (χ1n) is 10.3. The number of carbonyl (C=O) groups is 1. The number of nitrogens with zero attached hydrogens (tertiary/aromatic N) is 5. The summed E-state index contributed by atoms with van der Waals surface area (Å²) < 4.78 is 15.4. The minimum atomic E-state index is -0.224. The average Bonchev–Trinajstić information content (AvgIpc) is 3.24. The predicted molar refractivity (Wildman–Crippen MR) is 110 cm³/mol. The molecule has 0 saturated carbocycles. The first-order chi connectivity index (χ1) is 14.7. The Hall–Kier alpha value is -3.13. The van der Waals surface area contributed by atoms with Crippen LogP contribution in [0.25, 0.3) is 5.69 Å². The van der Waals surface area contributed by atoms with Crippen LogP contribution < -0.4 is 5.32 Å². The van der Waals surface area contributed by atoms with E-state index in [1.807, 2.05) is 36.4 Å². The summed E-state index contributed by atoms with van der Waals surface area (Å²) >= 11 is 0. The van der Waals surface area contributed by atoms with E-state index in [2.05, 4.69) is 25.7 Å². The van der Waals surface area contributed by atoms with Crippen LogP contribution in [-0.4, -0.2) is 50.6 Å². The lowest BCUT2D eigenvalue weighted by atomic mass is 9.96. The first-order valence-corrected chi connectivity index (χ1v) is 10.3. The Labute approximate surface area is 174 Å². The van der Waals surface area contributed by atoms with Crippen LogP contribution in [0.3, 0.4) is 0 Å². The van der Waals surface area contributed by atoms with E-state index in [4.69, 9.17) is 0 Å². The van der Waals surface area contributed by atoms with Crippen LogP contribution in [0.4, 0.5) is 4.39 Å². The Morgan fingerprint density at radius 3 is 2.57 bits per heavy atom. The number of hydrogen-bond acceptors (Lipinski definition) is 5. The van der Waals surface area contributed by atoms with Gasteiger partial charge >= 0.3 is 0 Å². The van der Waals surface area contributed by atoms with Gasteiger partial charge in [0.15, 0.2) is 5.82 Å². The van der Waals surface area contributed by atoms with Crippen LogP contribution in [-0.2, 0) is 17.8 Å². The molecule has 0 bridgehead atoms. The SMILES string of the molecule is O=C(NCCc1ccccc1F)C1CCN(Cc2nnnn2-c2ccccc2)CC1. The quantitative estimate of drug-likeness (QED) is 0.650. The molecule has 0 radical (unpaired) electrons. The summed E-state index contributed by atoms with van der Waals surface area (Å²) in [5.41, 5.74) is 1.56. The molecule has 30 heavy (non-hydrogen) atoms. The fourth-order valence-corrected chi connectivity index (χ4v) is 3.79. The number of nitrogens with one attached hydrogen (secondary N) is 1. The molecule has 8 heteroatoms. The van der Waals surface area contributed by atoms with E-state index in [0.717, 1.165) is 37.4 Å². The minimum Gasteiger partial charge on any atom is -0.356 e. The molecule has 1 aliphatic rings. The number of hydrogen-bond donors (Lipinski definition) is 1. The minimum absolute atomic E-state index is 0.00742. The van der Waals surface area contributed by atoms with Gasteiger partial charge in [0.25, 0.3) is 0 Å². The van der Waals surface area contributed by atoms with E-state index >= 15 is 0 Å². The van der Waals surface area contributed by atoms with Crippen LogP contribution in [0, 0.1) is 11.7 Å².